The lowest BCUT2D eigenvalue weighted by molar-refractivity contribution is -0.127. The van der Waals surface area contributed by atoms with Crippen molar-refractivity contribution in [3.05, 3.63) is 78.6 Å². The Morgan fingerprint density at radius 3 is 2.69 bits per heavy atom. The number of hydrogen-bond acceptors (Lipinski definition) is 6. The van der Waals surface area contributed by atoms with E-state index in [1.54, 1.807) is 36.7 Å². The number of fused-ring (bicyclic) bond motifs is 1. The molecule has 36 heavy (non-hydrogen) atoms. The molecule has 3 N–H and O–H groups in total. The zero-order chi connectivity index (χ0) is 25.2. The predicted molar refractivity (Wildman–Crippen MR) is 139 cm³/mol. The average molecular weight is 482 g/mol. The number of nitrogens with one attached hydrogen (secondary N) is 1. The van der Waals surface area contributed by atoms with Gasteiger partial charge in [-0.1, -0.05) is 24.8 Å². The van der Waals surface area contributed by atoms with E-state index >= 15 is 0 Å². The fourth-order valence-electron chi connectivity index (χ4n) is 4.70. The molecule has 1 atom stereocenters. The van der Waals surface area contributed by atoms with Crippen LogP contribution in [0.3, 0.4) is 0 Å². The summed E-state index contributed by atoms with van der Waals surface area (Å²) in [5.41, 5.74) is 10.2. The minimum atomic E-state index is -0.248. The molecule has 1 fully saturated rings. The van der Waals surface area contributed by atoms with Gasteiger partial charge >= 0.3 is 0 Å². The van der Waals surface area contributed by atoms with Gasteiger partial charge in [0.25, 0.3) is 5.91 Å². The third-order valence-corrected chi connectivity index (χ3v) is 6.49. The molecule has 2 amide bonds. The van der Waals surface area contributed by atoms with E-state index in [2.05, 4.69) is 21.9 Å². The summed E-state index contributed by atoms with van der Waals surface area (Å²) in [5.74, 6) is 0.557. The van der Waals surface area contributed by atoms with E-state index in [-0.39, 0.29) is 17.9 Å². The number of benzene rings is 1. The second-order valence-corrected chi connectivity index (χ2v) is 8.87. The number of hydrogen-bond donors (Lipinski definition) is 2. The number of carbonyl (C=O) groups excluding carboxylic acids is 2. The minimum absolute atomic E-state index is 0.00261. The quantitative estimate of drug-likeness (QED) is 0.416. The molecule has 182 valence electrons. The summed E-state index contributed by atoms with van der Waals surface area (Å²) in [5, 5.41) is 8.55. The topological polar surface area (TPSA) is 119 Å². The van der Waals surface area contributed by atoms with Crippen molar-refractivity contribution < 1.29 is 9.59 Å². The summed E-state index contributed by atoms with van der Waals surface area (Å²) in [7, 11) is 0. The van der Waals surface area contributed by atoms with Crippen LogP contribution in [0.15, 0.2) is 67.5 Å². The van der Waals surface area contributed by atoms with Gasteiger partial charge in [-0.15, -0.1) is 0 Å². The Morgan fingerprint density at radius 1 is 1.17 bits per heavy atom. The van der Waals surface area contributed by atoms with Gasteiger partial charge in [0.15, 0.2) is 0 Å². The highest BCUT2D eigenvalue weighted by molar-refractivity contribution is 6.05. The van der Waals surface area contributed by atoms with Crippen LogP contribution < -0.4 is 11.1 Å². The maximum absolute atomic E-state index is 12.7. The number of aryl methyl sites for hydroxylation is 1. The molecule has 1 unspecified atom stereocenters. The molecule has 3 aromatic heterocycles. The molecule has 0 spiro atoms. The van der Waals surface area contributed by atoms with Crippen LogP contribution in [-0.4, -0.2) is 49.6 Å². The highest BCUT2D eigenvalue weighted by Crippen LogP contribution is 2.36. The van der Waals surface area contributed by atoms with E-state index in [9.17, 15) is 9.59 Å². The molecule has 1 aliphatic heterocycles. The number of pyridine rings is 2. The molecule has 0 radical (unpaired) electrons. The van der Waals surface area contributed by atoms with Crippen LogP contribution in [0.1, 0.15) is 34.8 Å². The molecule has 0 saturated carbocycles. The molecule has 9 nitrogen and oxygen atoms in total. The first-order valence-electron chi connectivity index (χ1n) is 11.8. The van der Waals surface area contributed by atoms with Crippen molar-refractivity contribution in [3.63, 3.8) is 0 Å². The zero-order valence-electron chi connectivity index (χ0n) is 20.0. The van der Waals surface area contributed by atoms with Gasteiger partial charge in [0.05, 0.1) is 16.9 Å². The molecule has 4 aromatic rings. The zero-order valence-corrected chi connectivity index (χ0v) is 20.0. The minimum Gasteiger partial charge on any atom is -0.383 e. The monoisotopic (exact) mass is 481 g/mol. The number of nitrogen functional groups attached to an aromatic ring is 1. The summed E-state index contributed by atoms with van der Waals surface area (Å²) in [6.07, 6.45) is 6.50. The van der Waals surface area contributed by atoms with E-state index < -0.39 is 0 Å². The molecular formula is C27H27N7O2. The van der Waals surface area contributed by atoms with E-state index in [1.165, 1.54) is 6.08 Å². The Hall–Kier alpha value is -4.53. The third-order valence-electron chi connectivity index (χ3n) is 6.49. The molecule has 1 aromatic carbocycles. The van der Waals surface area contributed by atoms with Crippen LogP contribution in [0.4, 0.5) is 11.6 Å². The number of amides is 2. The molecule has 0 bridgehead atoms. The van der Waals surface area contributed by atoms with Crippen LogP contribution in [0.5, 0.6) is 0 Å². The highest BCUT2D eigenvalue weighted by Gasteiger charge is 2.28. The number of anilines is 2. The van der Waals surface area contributed by atoms with Crippen molar-refractivity contribution in [2.45, 2.75) is 25.8 Å². The largest absolute Gasteiger partial charge is 0.383 e. The number of carbonyl (C=O) groups is 2. The van der Waals surface area contributed by atoms with Crippen LogP contribution in [0.25, 0.3) is 22.2 Å². The Morgan fingerprint density at radius 2 is 1.97 bits per heavy atom. The van der Waals surface area contributed by atoms with Crippen molar-refractivity contribution in [1.29, 1.82) is 0 Å². The summed E-state index contributed by atoms with van der Waals surface area (Å²) in [6, 6.07) is 12.6. The van der Waals surface area contributed by atoms with Crippen LogP contribution in [0.2, 0.25) is 0 Å². The number of nitrogens with zero attached hydrogens (tertiary/aromatic N) is 5. The van der Waals surface area contributed by atoms with Gasteiger partial charge in [0.2, 0.25) is 5.91 Å². The smallest absolute Gasteiger partial charge is 0.256 e. The van der Waals surface area contributed by atoms with Crippen molar-refractivity contribution in [1.82, 2.24) is 24.6 Å². The standard InChI is InChI=1S/C27H27N7O2/c1-3-22(35)33-14-6-7-20(16-33)34-25-17(2)15-30-26(28)23(25)24(32-34)18-9-11-19(12-10-18)27(36)31-21-8-4-5-13-29-21/h3-5,8-13,15,20H,1,6-7,14,16H2,2H3,(H2,28,30)(H,29,31,36). The van der Waals surface area contributed by atoms with E-state index in [0.29, 0.717) is 36.0 Å². The molecule has 0 aliphatic carbocycles. The number of likely N-dealkylation sites (tertiary alicyclic amines) is 1. The molecule has 4 heterocycles. The fraction of sp³-hybridized carbons (Fsp3) is 0.222. The first kappa shape index (κ1) is 23.2. The second kappa shape index (κ2) is 9.61. The number of piperidine rings is 1. The fourth-order valence-corrected chi connectivity index (χ4v) is 4.70. The third kappa shape index (κ3) is 4.31. The normalized spacial score (nSPS) is 15.6. The van der Waals surface area contributed by atoms with E-state index in [4.69, 9.17) is 10.8 Å². The van der Waals surface area contributed by atoms with Gasteiger partial charge in [-0.25, -0.2) is 9.97 Å². The number of rotatable bonds is 5. The maximum Gasteiger partial charge on any atom is 0.256 e. The Kier molecular flexibility index (Phi) is 6.20. The van der Waals surface area contributed by atoms with Crippen molar-refractivity contribution in [3.8, 4) is 11.3 Å². The lowest BCUT2D eigenvalue weighted by atomic mass is 10.0. The first-order valence-corrected chi connectivity index (χ1v) is 11.8. The van der Waals surface area contributed by atoms with Gasteiger partial charge < -0.3 is 16.0 Å². The Bertz CT molecular complexity index is 1440. The van der Waals surface area contributed by atoms with Crippen LogP contribution >= 0.6 is 0 Å². The second-order valence-electron chi connectivity index (χ2n) is 8.87. The SMILES string of the molecule is C=CC(=O)N1CCCC(n2nc(-c3ccc(C(=O)Nc4ccccn4)cc3)c3c(N)ncc(C)c32)C1. The number of nitrogens with two attached hydrogens (primary N) is 1. The maximum atomic E-state index is 12.7. The van der Waals surface area contributed by atoms with Gasteiger partial charge in [0.1, 0.15) is 17.3 Å². The Balaban J connectivity index is 1.51. The van der Waals surface area contributed by atoms with Gasteiger partial charge in [-0.2, -0.15) is 5.10 Å². The van der Waals surface area contributed by atoms with Crippen molar-refractivity contribution in [2.24, 2.45) is 0 Å². The van der Waals surface area contributed by atoms with Gasteiger partial charge in [-0.3, -0.25) is 14.3 Å². The average Bonchev–Trinajstić information content (AvgIpc) is 3.33. The van der Waals surface area contributed by atoms with Crippen LogP contribution in [0, 0.1) is 6.92 Å². The van der Waals surface area contributed by atoms with Crippen LogP contribution in [-0.2, 0) is 4.79 Å². The van der Waals surface area contributed by atoms with Gasteiger partial charge in [-0.05, 0) is 55.7 Å². The summed E-state index contributed by atoms with van der Waals surface area (Å²) >= 11 is 0. The van der Waals surface area contributed by atoms with E-state index in [1.807, 2.05) is 34.7 Å². The molecule has 5 rings (SSSR count). The lowest BCUT2D eigenvalue weighted by Crippen LogP contribution is -2.40. The molecular weight excluding hydrogens is 454 g/mol. The first-order chi connectivity index (χ1) is 17.5. The number of aromatic nitrogens is 4. The van der Waals surface area contributed by atoms with Crippen molar-refractivity contribution >= 4 is 34.4 Å². The molecule has 1 aliphatic rings. The highest BCUT2D eigenvalue weighted by atomic mass is 16.2. The molecule has 9 heteroatoms. The predicted octanol–water partition coefficient (Wildman–Crippen LogP) is 3.99. The van der Waals surface area contributed by atoms with Crippen molar-refractivity contribution in [2.75, 3.05) is 24.1 Å². The Labute approximate surface area is 208 Å². The van der Waals surface area contributed by atoms with E-state index in [0.717, 1.165) is 34.9 Å². The summed E-state index contributed by atoms with van der Waals surface area (Å²) in [4.78, 5) is 35.2. The van der Waals surface area contributed by atoms with Gasteiger partial charge in [0, 0.05) is 36.6 Å². The summed E-state index contributed by atoms with van der Waals surface area (Å²) in [6.45, 7) is 6.87. The lowest BCUT2D eigenvalue weighted by Gasteiger charge is -2.32. The summed E-state index contributed by atoms with van der Waals surface area (Å²) < 4.78 is 1.99. The molecule has 1 saturated heterocycles.